The molecule has 0 aliphatic carbocycles. The van der Waals surface area contributed by atoms with Crippen molar-refractivity contribution in [1.29, 1.82) is 0 Å². The molecule has 0 spiro atoms. The monoisotopic (exact) mass is 762 g/mol. The summed E-state index contributed by atoms with van der Waals surface area (Å²) >= 11 is 11.1. The third-order valence-corrected chi connectivity index (χ3v) is 8.13. The second kappa shape index (κ2) is 23.8. The number of nitrogens with zero attached hydrogens (tertiary/aromatic N) is 4. The Morgan fingerprint density at radius 3 is 1.10 bits per heavy atom. The van der Waals surface area contributed by atoms with Crippen molar-refractivity contribution in [1.82, 2.24) is 31.3 Å². The molecule has 50 heavy (non-hydrogen) atoms. The molecule has 0 saturated carbocycles. The zero-order valence-corrected chi connectivity index (χ0v) is 34.4. The molecule has 4 N–H and O–H groups in total. The van der Waals surface area contributed by atoms with E-state index >= 15 is 0 Å². The molecule has 0 fully saturated rings. The highest BCUT2D eigenvalue weighted by Gasteiger charge is 2.13. The van der Waals surface area contributed by atoms with E-state index in [0.29, 0.717) is 33.9 Å². The van der Waals surface area contributed by atoms with E-state index in [-0.39, 0.29) is 24.8 Å². The van der Waals surface area contributed by atoms with Crippen LogP contribution in [0.3, 0.4) is 0 Å². The van der Waals surface area contributed by atoms with Crippen molar-refractivity contribution < 1.29 is 0 Å². The number of benzene rings is 3. The Hall–Kier alpha value is -2.60. The summed E-state index contributed by atoms with van der Waals surface area (Å²) in [5, 5.41) is 21.1. The fourth-order valence-corrected chi connectivity index (χ4v) is 6.41. The van der Waals surface area contributed by atoms with Gasteiger partial charge in [-0.1, -0.05) is 104 Å². The minimum atomic E-state index is 0. The molecule has 0 aliphatic heterocycles. The first-order valence-electron chi connectivity index (χ1n) is 17.5. The number of hydrazone groups is 2. The average Bonchev–Trinajstić information content (AvgIpc) is 3.00. The van der Waals surface area contributed by atoms with Gasteiger partial charge in [0.2, 0.25) is 0 Å². The van der Waals surface area contributed by atoms with Crippen LogP contribution in [0.15, 0.2) is 58.7 Å². The van der Waals surface area contributed by atoms with Crippen molar-refractivity contribution in [2.45, 2.75) is 55.4 Å². The number of rotatable bonds is 18. The number of nitrogens with one attached hydrogen (secondary N) is 4. The highest BCUT2D eigenvalue weighted by molar-refractivity contribution is 7.80. The van der Waals surface area contributed by atoms with Gasteiger partial charge >= 0.3 is 0 Å². The number of halogens is 2. The third kappa shape index (κ3) is 15.7. The molecule has 0 bridgehead atoms. The fraction of sp³-hybridized carbons (Fsp3) is 0.526. The molecule has 0 radical (unpaired) electrons. The van der Waals surface area contributed by atoms with Crippen molar-refractivity contribution in [3.8, 4) is 0 Å². The van der Waals surface area contributed by atoms with Crippen LogP contribution in [0.1, 0.15) is 66.5 Å². The zero-order valence-electron chi connectivity index (χ0n) is 31.2. The summed E-state index contributed by atoms with van der Waals surface area (Å²) < 4.78 is 0. The Kier molecular flexibility index (Phi) is 21.6. The number of fused-ring (bicyclic) bond motifs is 2. The minimum Gasteiger partial charge on any atom is -0.360 e. The van der Waals surface area contributed by atoms with Gasteiger partial charge in [0.1, 0.15) is 0 Å². The Morgan fingerprint density at radius 1 is 0.560 bits per heavy atom. The summed E-state index contributed by atoms with van der Waals surface area (Å²) in [4.78, 5) is 4.99. The van der Waals surface area contributed by atoms with Gasteiger partial charge in [-0.15, -0.1) is 24.8 Å². The van der Waals surface area contributed by atoms with E-state index in [1.807, 2.05) is 36.7 Å². The predicted octanol–water partition coefficient (Wildman–Crippen LogP) is 7.66. The molecule has 0 unspecified atom stereocenters. The molecule has 3 aromatic rings. The highest BCUT2D eigenvalue weighted by Crippen LogP contribution is 2.31. The summed E-state index contributed by atoms with van der Waals surface area (Å²) in [5.41, 5.74) is 8.10. The topological polar surface area (TPSA) is 79.3 Å². The lowest BCUT2D eigenvalue weighted by Crippen LogP contribution is -2.40. The first-order valence-corrected chi connectivity index (χ1v) is 18.3. The molecule has 12 heteroatoms. The van der Waals surface area contributed by atoms with Gasteiger partial charge < -0.3 is 20.4 Å². The van der Waals surface area contributed by atoms with Gasteiger partial charge in [-0.25, -0.2) is 0 Å². The van der Waals surface area contributed by atoms with E-state index in [4.69, 9.17) is 24.4 Å². The SMILES string of the molecule is CC(C)CN(CCNC(=S)N/N=C/c1c2ccccc2c(/C=N/NC(=S)NCCN(CC(C)C)CC(C)C)c2ccccc12)CC(C)C.Cl.Cl. The van der Waals surface area contributed by atoms with E-state index in [2.05, 4.69) is 121 Å². The van der Waals surface area contributed by atoms with E-state index < -0.39 is 0 Å². The van der Waals surface area contributed by atoms with E-state index in [0.717, 1.165) is 85.0 Å². The van der Waals surface area contributed by atoms with Gasteiger partial charge in [-0.05, 0) is 69.7 Å². The molecular weight excluding hydrogens is 704 g/mol. The van der Waals surface area contributed by atoms with Crippen molar-refractivity contribution in [3.05, 3.63) is 59.7 Å². The zero-order chi connectivity index (χ0) is 35.1. The summed E-state index contributed by atoms with van der Waals surface area (Å²) in [6, 6.07) is 16.7. The molecule has 0 aromatic heterocycles. The van der Waals surface area contributed by atoms with Gasteiger partial charge in [-0.2, -0.15) is 10.2 Å². The van der Waals surface area contributed by atoms with Crippen molar-refractivity contribution in [3.63, 3.8) is 0 Å². The maximum Gasteiger partial charge on any atom is 0.187 e. The van der Waals surface area contributed by atoms with Crippen LogP contribution >= 0.6 is 49.2 Å². The maximum atomic E-state index is 5.55. The fourth-order valence-electron chi connectivity index (χ4n) is 6.10. The quantitative estimate of drug-likeness (QED) is 0.0456. The number of hydrogen-bond acceptors (Lipinski definition) is 6. The van der Waals surface area contributed by atoms with Crippen LogP contribution in [0, 0.1) is 23.7 Å². The van der Waals surface area contributed by atoms with Crippen LogP contribution in [0.5, 0.6) is 0 Å². The smallest absolute Gasteiger partial charge is 0.187 e. The second-order valence-electron chi connectivity index (χ2n) is 14.3. The molecular formula is C38H60Cl2N8S2. The Bertz CT molecular complexity index is 1340. The van der Waals surface area contributed by atoms with Crippen LogP contribution in [0.4, 0.5) is 0 Å². The molecule has 0 saturated heterocycles. The molecule has 278 valence electrons. The van der Waals surface area contributed by atoms with E-state index in [9.17, 15) is 0 Å². The van der Waals surface area contributed by atoms with Gasteiger partial charge in [0.05, 0.1) is 12.4 Å². The van der Waals surface area contributed by atoms with Crippen LogP contribution in [0.25, 0.3) is 21.5 Å². The van der Waals surface area contributed by atoms with Crippen LogP contribution in [0.2, 0.25) is 0 Å². The first-order chi connectivity index (χ1) is 22.9. The van der Waals surface area contributed by atoms with Gasteiger partial charge in [-0.3, -0.25) is 10.9 Å². The van der Waals surface area contributed by atoms with Crippen molar-refractivity contribution in [2.75, 3.05) is 52.4 Å². The predicted molar refractivity (Wildman–Crippen MR) is 231 cm³/mol. The molecule has 0 atom stereocenters. The number of thiocarbonyl (C=S) groups is 2. The molecule has 0 aliphatic rings. The summed E-state index contributed by atoms with van der Waals surface area (Å²) in [5.74, 6) is 2.51. The van der Waals surface area contributed by atoms with Crippen molar-refractivity contribution >= 4 is 93.4 Å². The molecule has 3 rings (SSSR count). The molecule has 0 heterocycles. The standard InChI is InChI=1S/C38H58N8S2.2ClH/c1-27(2)23-45(24-28(3)4)19-17-39-37(47)43-41-21-35-31-13-9-11-15-33(31)36(34-16-12-10-14-32(34)35)22-42-44-38(48)40-18-20-46(25-29(5)6)26-30(7)8;;/h9-16,21-22,27-30H,17-20,23-26H2,1-8H3,(H2,39,43,47)(H2,40,44,48);2*1H/b41-21+,42-22+;;. The average molecular weight is 764 g/mol. The first kappa shape index (κ1) is 45.4. The van der Waals surface area contributed by atoms with Crippen LogP contribution < -0.4 is 21.5 Å². The van der Waals surface area contributed by atoms with Crippen LogP contribution in [-0.2, 0) is 0 Å². The van der Waals surface area contributed by atoms with Gasteiger partial charge in [0.15, 0.2) is 10.2 Å². The summed E-state index contributed by atoms with van der Waals surface area (Å²) in [7, 11) is 0. The summed E-state index contributed by atoms with van der Waals surface area (Å²) in [6.07, 6.45) is 3.73. The Labute approximate surface area is 324 Å². The molecule has 0 amide bonds. The minimum absolute atomic E-state index is 0. The molecule has 8 nitrogen and oxygen atoms in total. The second-order valence-corrected chi connectivity index (χ2v) is 15.1. The largest absolute Gasteiger partial charge is 0.360 e. The van der Waals surface area contributed by atoms with Gasteiger partial charge in [0, 0.05) is 63.5 Å². The van der Waals surface area contributed by atoms with Crippen molar-refractivity contribution in [2.24, 2.45) is 33.9 Å². The molecule has 3 aromatic carbocycles. The van der Waals surface area contributed by atoms with E-state index in [1.54, 1.807) is 0 Å². The van der Waals surface area contributed by atoms with Crippen LogP contribution in [-0.4, -0.2) is 84.8 Å². The number of hydrogen-bond donors (Lipinski definition) is 4. The van der Waals surface area contributed by atoms with Gasteiger partial charge in [0.25, 0.3) is 0 Å². The lowest BCUT2D eigenvalue weighted by atomic mass is 9.92. The summed E-state index contributed by atoms with van der Waals surface area (Å²) in [6.45, 7) is 25.8. The van der Waals surface area contributed by atoms with E-state index in [1.165, 1.54) is 0 Å². The maximum absolute atomic E-state index is 5.55. The highest BCUT2D eigenvalue weighted by atomic mass is 35.5. The normalized spacial score (nSPS) is 11.8. The Balaban J connectivity index is 0.00000625. The lowest BCUT2D eigenvalue weighted by molar-refractivity contribution is 0.222. The Morgan fingerprint density at radius 2 is 0.840 bits per heavy atom. The third-order valence-electron chi connectivity index (χ3n) is 7.65. The lowest BCUT2D eigenvalue weighted by Gasteiger charge is -2.26.